The van der Waals surface area contributed by atoms with Crippen molar-refractivity contribution in [3.05, 3.63) is 16.4 Å². The molecule has 16 heavy (non-hydrogen) atoms. The van der Waals surface area contributed by atoms with Gasteiger partial charge in [-0.05, 0) is 26.9 Å². The summed E-state index contributed by atoms with van der Waals surface area (Å²) in [6, 6.07) is 0. The second-order valence-electron chi connectivity index (χ2n) is 4.59. The van der Waals surface area contributed by atoms with E-state index in [0.29, 0.717) is 11.8 Å². The van der Waals surface area contributed by atoms with E-state index in [0.717, 1.165) is 29.5 Å². The van der Waals surface area contributed by atoms with Crippen molar-refractivity contribution in [2.75, 3.05) is 20.6 Å². The average Bonchev–Trinajstić information content (AvgIpc) is 3.01. The number of alkyl halides is 1. The van der Waals surface area contributed by atoms with Crippen LogP contribution in [-0.4, -0.2) is 35.3 Å². The van der Waals surface area contributed by atoms with E-state index in [9.17, 15) is 0 Å². The van der Waals surface area contributed by atoms with Gasteiger partial charge in [-0.15, -0.1) is 11.6 Å². The number of hydrogen-bond donors (Lipinski definition) is 0. The Bertz CT molecular complexity index is 370. The van der Waals surface area contributed by atoms with Crippen molar-refractivity contribution in [1.82, 2.24) is 14.7 Å². The summed E-state index contributed by atoms with van der Waals surface area (Å²) in [5, 5.41) is 5.31. The fourth-order valence-corrected chi connectivity index (χ4v) is 2.36. The molecular weight excluding hydrogens is 245 g/mol. The molecular formula is C11H17Cl2N3. The predicted molar refractivity (Wildman–Crippen MR) is 67.3 cm³/mol. The standard InChI is InChI=1S/C11H17Cl2N3/c1-15(2)5-6-16-11(13)9(7-12)10(14-16)8-3-4-8/h8H,3-7H2,1-2H3. The maximum Gasteiger partial charge on any atom is 0.131 e. The molecule has 1 aromatic rings. The first kappa shape index (κ1) is 12.2. The van der Waals surface area contributed by atoms with E-state index in [-0.39, 0.29) is 0 Å². The Labute approximate surface area is 106 Å². The van der Waals surface area contributed by atoms with Gasteiger partial charge in [-0.2, -0.15) is 5.10 Å². The Morgan fingerprint density at radius 3 is 2.62 bits per heavy atom. The van der Waals surface area contributed by atoms with Crippen LogP contribution in [0.3, 0.4) is 0 Å². The highest BCUT2D eigenvalue weighted by molar-refractivity contribution is 6.31. The minimum Gasteiger partial charge on any atom is -0.308 e. The molecule has 0 unspecified atom stereocenters. The zero-order chi connectivity index (χ0) is 11.7. The maximum absolute atomic E-state index is 6.28. The highest BCUT2D eigenvalue weighted by Gasteiger charge is 2.30. The van der Waals surface area contributed by atoms with Gasteiger partial charge >= 0.3 is 0 Å². The van der Waals surface area contributed by atoms with Crippen molar-refractivity contribution in [1.29, 1.82) is 0 Å². The third kappa shape index (κ3) is 2.53. The molecule has 1 aromatic heterocycles. The number of rotatable bonds is 5. The van der Waals surface area contributed by atoms with E-state index in [1.54, 1.807) is 0 Å². The molecule has 1 fully saturated rings. The Morgan fingerprint density at radius 1 is 1.44 bits per heavy atom. The Hall–Kier alpha value is -0.250. The lowest BCUT2D eigenvalue weighted by Crippen LogP contribution is -2.19. The Morgan fingerprint density at radius 2 is 2.12 bits per heavy atom. The van der Waals surface area contributed by atoms with Crippen LogP contribution in [0.5, 0.6) is 0 Å². The van der Waals surface area contributed by atoms with E-state index < -0.39 is 0 Å². The van der Waals surface area contributed by atoms with Gasteiger partial charge in [-0.3, -0.25) is 4.68 Å². The maximum atomic E-state index is 6.28. The topological polar surface area (TPSA) is 21.1 Å². The molecule has 3 nitrogen and oxygen atoms in total. The SMILES string of the molecule is CN(C)CCn1nc(C2CC2)c(CCl)c1Cl. The lowest BCUT2D eigenvalue weighted by Gasteiger charge is -2.09. The van der Waals surface area contributed by atoms with E-state index in [1.807, 2.05) is 18.8 Å². The van der Waals surface area contributed by atoms with Gasteiger partial charge in [-0.1, -0.05) is 11.6 Å². The van der Waals surface area contributed by atoms with Crippen molar-refractivity contribution >= 4 is 23.2 Å². The summed E-state index contributed by atoms with van der Waals surface area (Å²) in [7, 11) is 4.09. The summed E-state index contributed by atoms with van der Waals surface area (Å²) >= 11 is 12.2. The van der Waals surface area contributed by atoms with Crippen LogP contribution in [0.25, 0.3) is 0 Å². The molecule has 0 amide bonds. The molecule has 90 valence electrons. The highest BCUT2D eigenvalue weighted by Crippen LogP contribution is 2.42. The van der Waals surface area contributed by atoms with Crippen LogP contribution < -0.4 is 0 Å². The number of aromatic nitrogens is 2. The molecule has 0 spiro atoms. The summed E-state index contributed by atoms with van der Waals surface area (Å²) < 4.78 is 1.88. The van der Waals surface area contributed by atoms with Crippen LogP contribution in [0.1, 0.15) is 30.0 Å². The van der Waals surface area contributed by atoms with Crippen LogP contribution in [0, 0.1) is 0 Å². The van der Waals surface area contributed by atoms with Gasteiger partial charge in [-0.25, -0.2) is 0 Å². The molecule has 1 aliphatic rings. The molecule has 0 saturated heterocycles. The van der Waals surface area contributed by atoms with Gasteiger partial charge in [0, 0.05) is 18.0 Å². The van der Waals surface area contributed by atoms with E-state index in [2.05, 4.69) is 10.00 Å². The minimum absolute atomic E-state index is 0.465. The molecule has 0 radical (unpaired) electrons. The molecule has 1 aliphatic carbocycles. The smallest absolute Gasteiger partial charge is 0.131 e. The molecule has 1 heterocycles. The van der Waals surface area contributed by atoms with Crippen molar-refractivity contribution in [3.8, 4) is 0 Å². The van der Waals surface area contributed by atoms with Gasteiger partial charge in [0.15, 0.2) is 0 Å². The Balaban J connectivity index is 2.18. The van der Waals surface area contributed by atoms with Crippen molar-refractivity contribution < 1.29 is 0 Å². The van der Waals surface area contributed by atoms with Crippen LogP contribution in [0.4, 0.5) is 0 Å². The first-order valence-corrected chi connectivity index (χ1v) is 6.50. The average molecular weight is 262 g/mol. The number of nitrogens with zero attached hydrogens (tertiary/aromatic N) is 3. The number of likely N-dealkylation sites (N-methyl/N-ethyl adjacent to an activating group) is 1. The van der Waals surface area contributed by atoms with Crippen molar-refractivity contribution in [2.24, 2.45) is 0 Å². The van der Waals surface area contributed by atoms with E-state index in [1.165, 1.54) is 12.8 Å². The van der Waals surface area contributed by atoms with Crippen LogP contribution >= 0.6 is 23.2 Å². The zero-order valence-electron chi connectivity index (χ0n) is 9.71. The molecule has 2 rings (SSSR count). The van der Waals surface area contributed by atoms with Crippen molar-refractivity contribution in [3.63, 3.8) is 0 Å². The summed E-state index contributed by atoms with van der Waals surface area (Å²) in [4.78, 5) is 2.12. The summed E-state index contributed by atoms with van der Waals surface area (Å²) in [6.45, 7) is 1.76. The quantitative estimate of drug-likeness (QED) is 0.761. The van der Waals surface area contributed by atoms with E-state index >= 15 is 0 Å². The Kier molecular flexibility index (Phi) is 3.77. The van der Waals surface area contributed by atoms with Crippen LogP contribution in [-0.2, 0) is 12.4 Å². The third-order valence-electron chi connectivity index (χ3n) is 2.87. The zero-order valence-corrected chi connectivity index (χ0v) is 11.2. The second kappa shape index (κ2) is 4.94. The predicted octanol–water partition coefficient (Wildman–Crippen LogP) is 2.71. The molecule has 0 aromatic carbocycles. The van der Waals surface area contributed by atoms with Crippen LogP contribution in [0.15, 0.2) is 0 Å². The van der Waals surface area contributed by atoms with Gasteiger partial charge < -0.3 is 4.90 Å². The molecule has 0 aliphatic heterocycles. The summed E-state index contributed by atoms with van der Waals surface area (Å²) in [6.07, 6.45) is 2.45. The monoisotopic (exact) mass is 261 g/mol. The minimum atomic E-state index is 0.465. The van der Waals surface area contributed by atoms with Gasteiger partial charge in [0.2, 0.25) is 0 Å². The normalized spacial score (nSPS) is 16.1. The molecule has 0 bridgehead atoms. The molecule has 0 atom stereocenters. The lowest BCUT2D eigenvalue weighted by molar-refractivity contribution is 0.372. The molecule has 1 saturated carbocycles. The van der Waals surface area contributed by atoms with Gasteiger partial charge in [0.05, 0.1) is 18.1 Å². The first-order valence-electron chi connectivity index (χ1n) is 5.59. The summed E-state index contributed by atoms with van der Waals surface area (Å²) in [5.41, 5.74) is 2.16. The van der Waals surface area contributed by atoms with Gasteiger partial charge in [0.1, 0.15) is 5.15 Å². The van der Waals surface area contributed by atoms with E-state index in [4.69, 9.17) is 23.2 Å². The highest BCUT2D eigenvalue weighted by atomic mass is 35.5. The first-order chi connectivity index (χ1) is 7.63. The molecule has 5 heteroatoms. The number of halogens is 2. The fraction of sp³-hybridized carbons (Fsp3) is 0.727. The van der Waals surface area contributed by atoms with Crippen molar-refractivity contribution in [2.45, 2.75) is 31.2 Å². The lowest BCUT2D eigenvalue weighted by atomic mass is 10.2. The second-order valence-corrected chi connectivity index (χ2v) is 5.21. The van der Waals surface area contributed by atoms with Gasteiger partial charge in [0.25, 0.3) is 0 Å². The fourth-order valence-electron chi connectivity index (χ4n) is 1.75. The number of hydrogen-bond acceptors (Lipinski definition) is 2. The largest absolute Gasteiger partial charge is 0.308 e. The molecule has 0 N–H and O–H groups in total. The third-order valence-corrected chi connectivity index (χ3v) is 3.56. The van der Waals surface area contributed by atoms with Crippen LogP contribution in [0.2, 0.25) is 5.15 Å². The summed E-state index contributed by atoms with van der Waals surface area (Å²) in [5.74, 6) is 1.07.